The van der Waals surface area contributed by atoms with Crippen molar-refractivity contribution < 1.29 is 8.42 Å². The Kier molecular flexibility index (Phi) is 4.22. The molecule has 0 atom stereocenters. The third-order valence-electron chi connectivity index (χ3n) is 2.55. The first kappa shape index (κ1) is 15.1. The Balaban J connectivity index is 2.38. The number of sulfonamides is 1. The molecule has 0 aliphatic carbocycles. The highest BCUT2D eigenvalue weighted by Crippen LogP contribution is 2.24. The van der Waals surface area contributed by atoms with Crippen molar-refractivity contribution in [1.82, 2.24) is 4.98 Å². The minimum Gasteiger partial charge on any atom is -0.397 e. The molecule has 1 aromatic heterocycles. The molecule has 0 aliphatic rings. The van der Waals surface area contributed by atoms with E-state index < -0.39 is 10.0 Å². The molecule has 1 heterocycles. The summed E-state index contributed by atoms with van der Waals surface area (Å²) in [7, 11) is -3.75. The van der Waals surface area contributed by atoms with Gasteiger partial charge in [0.2, 0.25) is 0 Å². The summed E-state index contributed by atoms with van der Waals surface area (Å²) in [5.41, 5.74) is 6.52. The lowest BCUT2D eigenvalue weighted by molar-refractivity contribution is 0.601. The Morgan fingerprint density at radius 1 is 1.35 bits per heavy atom. The smallest absolute Gasteiger partial charge is 0.263 e. The molecule has 20 heavy (non-hydrogen) atoms. The molecule has 5 nitrogen and oxygen atoms in total. The van der Waals surface area contributed by atoms with Gasteiger partial charge in [0.25, 0.3) is 10.0 Å². The van der Waals surface area contributed by atoms with E-state index >= 15 is 0 Å². The molecule has 0 spiro atoms. The van der Waals surface area contributed by atoms with Gasteiger partial charge in [-0.1, -0.05) is 11.6 Å². The molecule has 0 radical (unpaired) electrons. The van der Waals surface area contributed by atoms with Gasteiger partial charge in [-0.3, -0.25) is 4.72 Å². The van der Waals surface area contributed by atoms with Gasteiger partial charge in [0.15, 0.2) is 0 Å². The summed E-state index contributed by atoms with van der Waals surface area (Å²) in [4.78, 5) is 4.07. The third-order valence-corrected chi connectivity index (χ3v) is 4.67. The number of pyridine rings is 1. The van der Waals surface area contributed by atoms with Crippen molar-refractivity contribution in [2.75, 3.05) is 10.5 Å². The molecule has 0 bridgehead atoms. The molecule has 2 aromatic rings. The molecular weight excluding hydrogens is 366 g/mol. The highest BCUT2D eigenvalue weighted by atomic mass is 79.9. The minimum absolute atomic E-state index is 0.0310. The van der Waals surface area contributed by atoms with E-state index in [2.05, 4.69) is 25.6 Å². The van der Waals surface area contributed by atoms with Crippen molar-refractivity contribution in [3.8, 4) is 0 Å². The van der Waals surface area contributed by atoms with Crippen molar-refractivity contribution in [1.29, 1.82) is 0 Å². The largest absolute Gasteiger partial charge is 0.397 e. The molecule has 0 aliphatic heterocycles. The standard InChI is InChI=1S/C12H11BrClN3O2S/c1-7-4-8(13)6-16-12(7)17-20(18,19)9-2-3-10(14)11(15)5-9/h2-6H,15H2,1H3,(H,16,17). The maximum Gasteiger partial charge on any atom is 0.263 e. The molecule has 0 amide bonds. The normalized spacial score (nSPS) is 11.3. The molecule has 3 N–H and O–H groups in total. The van der Waals surface area contributed by atoms with Crippen molar-refractivity contribution in [3.05, 3.63) is 45.5 Å². The highest BCUT2D eigenvalue weighted by Gasteiger charge is 2.17. The van der Waals surface area contributed by atoms with Crippen molar-refractivity contribution in [2.45, 2.75) is 11.8 Å². The number of nitrogens with two attached hydrogens (primary N) is 1. The summed E-state index contributed by atoms with van der Waals surface area (Å²) in [5, 5.41) is 0.307. The van der Waals surface area contributed by atoms with Crippen LogP contribution in [0.15, 0.2) is 39.8 Å². The number of nitrogens with zero attached hydrogens (tertiary/aromatic N) is 1. The molecule has 1 aromatic carbocycles. The Bertz CT molecular complexity index is 765. The first-order chi connectivity index (χ1) is 9.29. The third kappa shape index (κ3) is 3.23. The van der Waals surface area contributed by atoms with Crippen LogP contribution < -0.4 is 10.5 Å². The first-order valence-corrected chi connectivity index (χ1v) is 8.15. The first-order valence-electron chi connectivity index (χ1n) is 5.49. The van der Waals surface area contributed by atoms with Crippen LogP contribution in [0.4, 0.5) is 11.5 Å². The van der Waals surface area contributed by atoms with E-state index in [1.165, 1.54) is 24.4 Å². The van der Waals surface area contributed by atoms with E-state index in [1.54, 1.807) is 13.0 Å². The lowest BCUT2D eigenvalue weighted by Gasteiger charge is -2.10. The number of rotatable bonds is 3. The Hall–Kier alpha value is -1.31. The molecule has 0 saturated heterocycles. The topological polar surface area (TPSA) is 85.1 Å². The maximum atomic E-state index is 12.2. The van der Waals surface area contributed by atoms with Gasteiger partial charge in [-0.25, -0.2) is 13.4 Å². The van der Waals surface area contributed by atoms with Gasteiger partial charge in [0.1, 0.15) is 5.82 Å². The van der Waals surface area contributed by atoms with Crippen molar-refractivity contribution >= 4 is 49.1 Å². The zero-order valence-electron chi connectivity index (χ0n) is 10.4. The minimum atomic E-state index is -3.75. The summed E-state index contributed by atoms with van der Waals surface area (Å²) in [6.07, 6.45) is 1.51. The summed E-state index contributed by atoms with van der Waals surface area (Å²) in [6, 6.07) is 5.89. The van der Waals surface area contributed by atoms with E-state index in [0.29, 0.717) is 10.6 Å². The number of hydrogen-bond donors (Lipinski definition) is 2. The lowest BCUT2D eigenvalue weighted by atomic mass is 10.3. The fourth-order valence-electron chi connectivity index (χ4n) is 1.52. The van der Waals surface area contributed by atoms with E-state index in [0.717, 1.165) is 4.47 Å². The SMILES string of the molecule is Cc1cc(Br)cnc1NS(=O)(=O)c1ccc(Cl)c(N)c1. The number of anilines is 2. The number of nitrogens with one attached hydrogen (secondary N) is 1. The van der Waals surface area contributed by atoms with E-state index in [4.69, 9.17) is 17.3 Å². The average molecular weight is 377 g/mol. The monoisotopic (exact) mass is 375 g/mol. The van der Waals surface area contributed by atoms with Crippen molar-refractivity contribution in [3.63, 3.8) is 0 Å². The molecule has 0 saturated carbocycles. The number of aromatic nitrogens is 1. The van der Waals surface area contributed by atoms with Gasteiger partial charge in [-0.05, 0) is 52.7 Å². The maximum absolute atomic E-state index is 12.2. The van der Waals surface area contributed by atoms with Gasteiger partial charge in [-0.15, -0.1) is 0 Å². The van der Waals surface area contributed by atoms with Crippen molar-refractivity contribution in [2.24, 2.45) is 0 Å². The number of nitrogen functional groups attached to an aromatic ring is 1. The molecule has 0 unspecified atom stereocenters. The van der Waals surface area contributed by atoms with Crippen LogP contribution >= 0.6 is 27.5 Å². The summed E-state index contributed by atoms with van der Waals surface area (Å²) < 4.78 is 27.7. The van der Waals surface area contributed by atoms with Gasteiger partial charge in [0, 0.05) is 10.7 Å². The Morgan fingerprint density at radius 2 is 2.05 bits per heavy atom. The average Bonchev–Trinajstić information content (AvgIpc) is 2.36. The second-order valence-corrected chi connectivity index (χ2v) is 7.11. The van der Waals surface area contributed by atoms with Crippen LogP contribution in [0, 0.1) is 6.92 Å². The molecule has 2 rings (SSSR count). The Labute approximate surface area is 130 Å². The van der Waals surface area contributed by atoms with E-state index in [1.807, 2.05) is 0 Å². The fraction of sp³-hybridized carbons (Fsp3) is 0.0833. The van der Waals surface area contributed by atoms with Gasteiger partial charge < -0.3 is 5.73 Å². The van der Waals surface area contributed by atoms with Crippen LogP contribution in [0.2, 0.25) is 5.02 Å². The Morgan fingerprint density at radius 3 is 2.65 bits per heavy atom. The van der Waals surface area contributed by atoms with Crippen LogP contribution in [0.5, 0.6) is 0 Å². The van der Waals surface area contributed by atoms with E-state index in [9.17, 15) is 8.42 Å². The van der Waals surface area contributed by atoms with Crippen LogP contribution in [-0.4, -0.2) is 13.4 Å². The van der Waals surface area contributed by atoms with E-state index in [-0.39, 0.29) is 16.4 Å². The molecule has 8 heteroatoms. The van der Waals surface area contributed by atoms with Gasteiger partial charge in [0.05, 0.1) is 15.6 Å². The van der Waals surface area contributed by atoms with Gasteiger partial charge in [-0.2, -0.15) is 0 Å². The number of aryl methyl sites for hydroxylation is 1. The van der Waals surface area contributed by atoms with Crippen LogP contribution in [0.3, 0.4) is 0 Å². The van der Waals surface area contributed by atoms with Crippen LogP contribution in [0.25, 0.3) is 0 Å². The second kappa shape index (κ2) is 5.59. The number of benzene rings is 1. The summed E-state index contributed by atoms with van der Waals surface area (Å²) >= 11 is 9.04. The molecular formula is C12H11BrClN3O2S. The molecule has 106 valence electrons. The number of halogens is 2. The number of hydrogen-bond acceptors (Lipinski definition) is 4. The van der Waals surface area contributed by atoms with Crippen LogP contribution in [-0.2, 0) is 10.0 Å². The molecule has 0 fully saturated rings. The zero-order valence-corrected chi connectivity index (χ0v) is 13.6. The zero-order chi connectivity index (χ0) is 14.9. The lowest BCUT2D eigenvalue weighted by Crippen LogP contribution is -2.15. The second-order valence-electron chi connectivity index (χ2n) is 4.11. The fourth-order valence-corrected chi connectivity index (χ4v) is 3.20. The summed E-state index contributed by atoms with van der Waals surface area (Å²) in [5.74, 6) is 0.265. The predicted molar refractivity (Wildman–Crippen MR) is 83.3 cm³/mol. The van der Waals surface area contributed by atoms with Gasteiger partial charge >= 0.3 is 0 Å². The quantitative estimate of drug-likeness (QED) is 0.806. The predicted octanol–water partition coefficient (Wildman–Crippen LogP) is 3.19. The van der Waals surface area contributed by atoms with Crippen LogP contribution in [0.1, 0.15) is 5.56 Å². The highest BCUT2D eigenvalue weighted by molar-refractivity contribution is 9.10. The summed E-state index contributed by atoms with van der Waals surface area (Å²) in [6.45, 7) is 1.76.